The van der Waals surface area contributed by atoms with Gasteiger partial charge in [0.2, 0.25) is 5.91 Å². The summed E-state index contributed by atoms with van der Waals surface area (Å²) in [7, 11) is 3.57. The van der Waals surface area contributed by atoms with E-state index in [1.54, 1.807) is 113 Å². The van der Waals surface area contributed by atoms with Crippen LogP contribution in [0.15, 0.2) is 72.8 Å². The van der Waals surface area contributed by atoms with Crippen LogP contribution in [0.3, 0.4) is 0 Å². The highest BCUT2D eigenvalue weighted by Crippen LogP contribution is 2.22. The highest BCUT2D eigenvalue weighted by atomic mass is 16.6. The summed E-state index contributed by atoms with van der Waals surface area (Å²) in [5, 5.41) is 8.40. The molecular formula is C31H37N5O5. The summed E-state index contributed by atoms with van der Waals surface area (Å²) in [6.45, 7) is 5.87. The molecule has 0 bridgehead atoms. The van der Waals surface area contributed by atoms with Gasteiger partial charge in [-0.25, -0.2) is 4.79 Å². The summed E-state index contributed by atoms with van der Waals surface area (Å²) in [5.41, 5.74) is 7.95. The lowest BCUT2D eigenvalue weighted by atomic mass is 10.0. The summed E-state index contributed by atoms with van der Waals surface area (Å²) < 4.78 is 5.39. The Morgan fingerprint density at radius 1 is 0.854 bits per heavy atom. The fourth-order valence-electron chi connectivity index (χ4n) is 3.83. The molecule has 0 unspecified atom stereocenters. The summed E-state index contributed by atoms with van der Waals surface area (Å²) >= 11 is 0. The molecule has 10 nitrogen and oxygen atoms in total. The molecule has 1 atom stereocenters. The van der Waals surface area contributed by atoms with Gasteiger partial charge in [-0.15, -0.1) is 0 Å². The number of ether oxygens (including phenoxy) is 1. The summed E-state index contributed by atoms with van der Waals surface area (Å²) in [6, 6.07) is 18.7. The highest BCUT2D eigenvalue weighted by Gasteiger charge is 2.25. The Labute approximate surface area is 240 Å². The van der Waals surface area contributed by atoms with Gasteiger partial charge in [-0.1, -0.05) is 24.3 Å². The smallest absolute Gasteiger partial charge is 0.338 e. The van der Waals surface area contributed by atoms with Crippen LogP contribution in [0.5, 0.6) is 0 Å². The molecule has 216 valence electrons. The van der Waals surface area contributed by atoms with E-state index in [2.05, 4.69) is 16.0 Å². The first-order valence-electron chi connectivity index (χ1n) is 13.1. The normalized spacial score (nSPS) is 11.9. The third-order valence-electron chi connectivity index (χ3n) is 5.74. The van der Waals surface area contributed by atoms with Gasteiger partial charge < -0.3 is 31.3 Å². The molecule has 3 amide bonds. The number of hydrogen-bond donors (Lipinski definition) is 4. The number of nitrogens with zero attached hydrogens (tertiary/aromatic N) is 1. The number of likely N-dealkylation sites (N-methyl/N-ethyl adjacent to an activating group) is 1. The standard InChI is InChI=1S/C31H37N5O5/c1-31(2,3)41-30(40)22-13-15-24(16-14-22)34-29(39)27(35-28(38)21-11-9-20(18-32)10-12-21)23-7-6-8-25(17-23)33-26(37)19-36(4)5/h6-17,27H,18-19,32H2,1-5H3,(H,33,37)(H,34,39)(H,35,38)/t27-/m0/s1. The number of carbonyl (C=O) groups excluding carboxylic acids is 4. The number of anilines is 2. The number of carbonyl (C=O) groups is 4. The van der Waals surface area contributed by atoms with E-state index in [4.69, 9.17) is 10.5 Å². The van der Waals surface area contributed by atoms with E-state index in [1.165, 1.54) is 0 Å². The monoisotopic (exact) mass is 559 g/mol. The van der Waals surface area contributed by atoms with Crippen LogP contribution in [0.2, 0.25) is 0 Å². The van der Waals surface area contributed by atoms with Crippen molar-refractivity contribution in [2.75, 3.05) is 31.3 Å². The van der Waals surface area contributed by atoms with Crippen LogP contribution in [0.25, 0.3) is 0 Å². The van der Waals surface area contributed by atoms with E-state index in [0.29, 0.717) is 34.6 Å². The van der Waals surface area contributed by atoms with E-state index in [1.807, 2.05) is 0 Å². The maximum atomic E-state index is 13.5. The van der Waals surface area contributed by atoms with Crippen molar-refractivity contribution in [1.82, 2.24) is 10.2 Å². The first kappa shape index (κ1) is 31.0. The lowest BCUT2D eigenvalue weighted by Crippen LogP contribution is -2.37. The Kier molecular flexibility index (Phi) is 10.3. The van der Waals surface area contributed by atoms with Gasteiger partial charge in [-0.3, -0.25) is 14.4 Å². The Hall–Kier alpha value is -4.54. The molecule has 0 spiro atoms. The van der Waals surface area contributed by atoms with Crippen LogP contribution in [0.1, 0.15) is 58.7 Å². The van der Waals surface area contributed by atoms with Crippen molar-refractivity contribution in [3.8, 4) is 0 Å². The van der Waals surface area contributed by atoms with Gasteiger partial charge in [-0.05, 0) is 94.5 Å². The largest absolute Gasteiger partial charge is 0.456 e. The summed E-state index contributed by atoms with van der Waals surface area (Å²) in [6.07, 6.45) is 0. The molecule has 3 aromatic carbocycles. The number of benzene rings is 3. The van der Waals surface area contributed by atoms with Crippen molar-refractivity contribution >= 4 is 35.1 Å². The molecule has 0 aromatic heterocycles. The fourth-order valence-corrected chi connectivity index (χ4v) is 3.83. The van der Waals surface area contributed by atoms with Gasteiger partial charge in [0.1, 0.15) is 11.6 Å². The zero-order valence-electron chi connectivity index (χ0n) is 24.0. The molecule has 10 heteroatoms. The molecule has 0 saturated heterocycles. The second-order valence-electron chi connectivity index (χ2n) is 10.8. The first-order chi connectivity index (χ1) is 19.3. The van der Waals surface area contributed by atoms with Gasteiger partial charge in [0.25, 0.3) is 11.8 Å². The number of esters is 1. The second-order valence-corrected chi connectivity index (χ2v) is 10.8. The molecular weight excluding hydrogens is 522 g/mol. The average molecular weight is 560 g/mol. The molecule has 3 rings (SSSR count). The zero-order valence-corrected chi connectivity index (χ0v) is 24.0. The van der Waals surface area contributed by atoms with Crippen LogP contribution >= 0.6 is 0 Å². The molecule has 3 aromatic rings. The lowest BCUT2D eigenvalue weighted by Gasteiger charge is -2.21. The number of nitrogens with one attached hydrogen (secondary N) is 3. The van der Waals surface area contributed by atoms with Crippen molar-refractivity contribution in [3.63, 3.8) is 0 Å². The van der Waals surface area contributed by atoms with Crippen LogP contribution in [-0.2, 0) is 20.9 Å². The third-order valence-corrected chi connectivity index (χ3v) is 5.74. The molecule has 0 aliphatic heterocycles. The van der Waals surface area contributed by atoms with Crippen molar-refractivity contribution in [2.45, 2.75) is 39.0 Å². The molecule has 0 aliphatic rings. The van der Waals surface area contributed by atoms with Gasteiger partial charge in [-0.2, -0.15) is 0 Å². The van der Waals surface area contributed by atoms with Crippen LogP contribution < -0.4 is 21.7 Å². The minimum atomic E-state index is -1.10. The topological polar surface area (TPSA) is 143 Å². The third kappa shape index (κ3) is 9.55. The van der Waals surface area contributed by atoms with Gasteiger partial charge in [0.05, 0.1) is 12.1 Å². The van der Waals surface area contributed by atoms with Crippen molar-refractivity contribution in [2.24, 2.45) is 5.73 Å². The molecule has 0 saturated carbocycles. The Bertz CT molecular complexity index is 1380. The second kappa shape index (κ2) is 13.7. The minimum absolute atomic E-state index is 0.183. The predicted octanol–water partition coefficient (Wildman–Crippen LogP) is 3.71. The molecule has 0 aliphatic carbocycles. The van der Waals surface area contributed by atoms with E-state index >= 15 is 0 Å². The molecule has 0 heterocycles. The Balaban J connectivity index is 1.85. The molecule has 41 heavy (non-hydrogen) atoms. The van der Waals surface area contributed by atoms with E-state index < -0.39 is 29.4 Å². The SMILES string of the molecule is CN(C)CC(=O)Nc1cccc([C@H](NC(=O)c2ccc(CN)cc2)C(=O)Nc2ccc(C(=O)OC(C)(C)C)cc2)c1. The van der Waals surface area contributed by atoms with Crippen LogP contribution in [-0.4, -0.2) is 54.8 Å². The quantitative estimate of drug-likeness (QED) is 0.277. The maximum absolute atomic E-state index is 13.5. The summed E-state index contributed by atoms with van der Waals surface area (Å²) in [4.78, 5) is 53.1. The van der Waals surface area contributed by atoms with Gasteiger partial charge in [0, 0.05) is 23.5 Å². The zero-order chi connectivity index (χ0) is 30.2. The first-order valence-corrected chi connectivity index (χ1v) is 13.1. The number of hydrogen-bond acceptors (Lipinski definition) is 7. The number of nitrogens with two attached hydrogens (primary N) is 1. The summed E-state index contributed by atoms with van der Waals surface area (Å²) in [5.74, 6) is -1.67. The van der Waals surface area contributed by atoms with E-state index in [0.717, 1.165) is 5.56 Å². The van der Waals surface area contributed by atoms with Crippen LogP contribution in [0, 0.1) is 0 Å². The fraction of sp³-hybridized carbons (Fsp3) is 0.290. The lowest BCUT2D eigenvalue weighted by molar-refractivity contribution is -0.118. The Morgan fingerprint density at radius 3 is 2.07 bits per heavy atom. The number of amides is 3. The minimum Gasteiger partial charge on any atom is -0.456 e. The van der Waals surface area contributed by atoms with Crippen molar-refractivity contribution in [3.05, 3.63) is 95.1 Å². The average Bonchev–Trinajstić information content (AvgIpc) is 2.90. The van der Waals surface area contributed by atoms with E-state index in [9.17, 15) is 19.2 Å². The van der Waals surface area contributed by atoms with Crippen LogP contribution in [0.4, 0.5) is 11.4 Å². The predicted molar refractivity (Wildman–Crippen MR) is 158 cm³/mol. The maximum Gasteiger partial charge on any atom is 0.338 e. The van der Waals surface area contributed by atoms with Gasteiger partial charge in [0.15, 0.2) is 0 Å². The molecule has 0 radical (unpaired) electrons. The molecule has 5 N–H and O–H groups in total. The Morgan fingerprint density at radius 2 is 1.49 bits per heavy atom. The van der Waals surface area contributed by atoms with Gasteiger partial charge >= 0.3 is 5.97 Å². The van der Waals surface area contributed by atoms with Crippen molar-refractivity contribution < 1.29 is 23.9 Å². The van der Waals surface area contributed by atoms with Crippen molar-refractivity contribution in [1.29, 1.82) is 0 Å². The molecule has 0 fully saturated rings. The van der Waals surface area contributed by atoms with E-state index in [-0.39, 0.29) is 12.5 Å². The number of rotatable bonds is 10. The highest BCUT2D eigenvalue weighted by molar-refractivity contribution is 6.02.